The van der Waals surface area contributed by atoms with Crippen molar-refractivity contribution < 1.29 is 9.47 Å². The number of rotatable bonds is 3. The van der Waals surface area contributed by atoms with Gasteiger partial charge in [-0.2, -0.15) is 0 Å². The first-order valence-corrected chi connectivity index (χ1v) is 7.76. The number of aromatic nitrogens is 1. The maximum Gasteiger partial charge on any atom is 0.231 e. The van der Waals surface area contributed by atoms with Gasteiger partial charge >= 0.3 is 0 Å². The number of halogens is 1. The predicted octanol–water partition coefficient (Wildman–Crippen LogP) is 4.54. The number of benzene rings is 2. The van der Waals surface area contributed by atoms with Crippen LogP contribution in [0.4, 0.5) is 5.82 Å². The minimum absolute atomic E-state index is 0.290. The summed E-state index contributed by atoms with van der Waals surface area (Å²) < 4.78 is 10.7. The Labute approximate surface area is 139 Å². The fourth-order valence-electron chi connectivity index (χ4n) is 2.71. The van der Waals surface area contributed by atoms with Crippen LogP contribution in [0.3, 0.4) is 0 Å². The number of anilines is 1. The highest BCUT2D eigenvalue weighted by atomic mass is 35.5. The van der Waals surface area contributed by atoms with Crippen molar-refractivity contribution >= 4 is 28.3 Å². The van der Waals surface area contributed by atoms with E-state index in [0.717, 1.165) is 33.8 Å². The largest absolute Gasteiger partial charge is 0.454 e. The SMILES string of the molecule is Cc1cc(NCc2ccc3c(c2)OCO3)nc2cc(Cl)ccc12. The Hall–Kier alpha value is -2.46. The molecule has 0 aliphatic carbocycles. The van der Waals surface area contributed by atoms with E-state index in [4.69, 9.17) is 21.1 Å². The average molecular weight is 327 g/mol. The number of nitrogens with zero attached hydrogens (tertiary/aromatic N) is 1. The molecule has 2 aromatic carbocycles. The van der Waals surface area contributed by atoms with E-state index in [1.165, 1.54) is 5.56 Å². The number of hydrogen-bond acceptors (Lipinski definition) is 4. The topological polar surface area (TPSA) is 43.4 Å². The second-order valence-electron chi connectivity index (χ2n) is 5.53. The van der Waals surface area contributed by atoms with Gasteiger partial charge in [0.15, 0.2) is 11.5 Å². The molecule has 0 bridgehead atoms. The molecule has 2 heterocycles. The van der Waals surface area contributed by atoms with Crippen LogP contribution in [0.15, 0.2) is 42.5 Å². The van der Waals surface area contributed by atoms with Crippen molar-refractivity contribution in [3.05, 3.63) is 58.6 Å². The third-order valence-electron chi connectivity index (χ3n) is 3.89. The molecule has 0 fully saturated rings. The van der Waals surface area contributed by atoms with Gasteiger partial charge in [-0.05, 0) is 48.4 Å². The Kier molecular flexibility index (Phi) is 3.46. The Morgan fingerprint density at radius 2 is 1.96 bits per heavy atom. The van der Waals surface area contributed by atoms with E-state index < -0.39 is 0 Å². The second kappa shape index (κ2) is 5.63. The maximum absolute atomic E-state index is 6.06. The van der Waals surface area contributed by atoms with E-state index >= 15 is 0 Å². The zero-order valence-electron chi connectivity index (χ0n) is 12.6. The monoisotopic (exact) mass is 326 g/mol. The molecule has 3 aromatic rings. The van der Waals surface area contributed by atoms with Crippen LogP contribution < -0.4 is 14.8 Å². The molecule has 1 aliphatic rings. The van der Waals surface area contributed by atoms with Gasteiger partial charge in [-0.1, -0.05) is 23.7 Å². The van der Waals surface area contributed by atoms with Crippen LogP contribution in [-0.4, -0.2) is 11.8 Å². The average Bonchev–Trinajstić information content (AvgIpc) is 3.00. The fraction of sp³-hybridized carbons (Fsp3) is 0.167. The normalized spacial score (nSPS) is 12.6. The number of pyridine rings is 1. The van der Waals surface area contributed by atoms with E-state index in [0.29, 0.717) is 18.4 Å². The molecule has 1 N–H and O–H groups in total. The molecule has 0 saturated carbocycles. The smallest absolute Gasteiger partial charge is 0.231 e. The Bertz CT molecular complexity index is 896. The van der Waals surface area contributed by atoms with Gasteiger partial charge in [0.05, 0.1) is 5.52 Å². The van der Waals surface area contributed by atoms with Crippen LogP contribution in [0.2, 0.25) is 5.02 Å². The first-order chi connectivity index (χ1) is 11.2. The Balaban J connectivity index is 1.58. The van der Waals surface area contributed by atoms with Gasteiger partial charge in [0, 0.05) is 17.0 Å². The summed E-state index contributed by atoms with van der Waals surface area (Å²) in [7, 11) is 0. The van der Waals surface area contributed by atoms with Crippen molar-refractivity contribution in [2.45, 2.75) is 13.5 Å². The molecule has 4 nitrogen and oxygen atoms in total. The van der Waals surface area contributed by atoms with Gasteiger partial charge in [0.25, 0.3) is 0 Å². The summed E-state index contributed by atoms with van der Waals surface area (Å²) in [6.07, 6.45) is 0. The van der Waals surface area contributed by atoms with Gasteiger partial charge < -0.3 is 14.8 Å². The van der Waals surface area contributed by atoms with Crippen molar-refractivity contribution in [2.75, 3.05) is 12.1 Å². The Morgan fingerprint density at radius 1 is 1.09 bits per heavy atom. The highest BCUT2D eigenvalue weighted by molar-refractivity contribution is 6.31. The third kappa shape index (κ3) is 2.78. The minimum Gasteiger partial charge on any atom is -0.454 e. The van der Waals surface area contributed by atoms with Crippen LogP contribution in [0.25, 0.3) is 10.9 Å². The lowest BCUT2D eigenvalue weighted by Gasteiger charge is -2.10. The van der Waals surface area contributed by atoms with Crippen LogP contribution in [0, 0.1) is 6.92 Å². The summed E-state index contributed by atoms with van der Waals surface area (Å²) in [5, 5.41) is 5.16. The summed E-state index contributed by atoms with van der Waals surface area (Å²) in [5.74, 6) is 2.41. The zero-order chi connectivity index (χ0) is 15.8. The summed E-state index contributed by atoms with van der Waals surface area (Å²) in [4.78, 5) is 4.63. The van der Waals surface area contributed by atoms with Gasteiger partial charge in [-0.25, -0.2) is 4.98 Å². The standard InChI is InChI=1S/C18H15ClN2O2/c1-11-6-18(21-15-8-13(19)3-4-14(11)15)20-9-12-2-5-16-17(7-12)23-10-22-16/h2-8H,9-10H2,1H3,(H,20,21). The quantitative estimate of drug-likeness (QED) is 0.767. The van der Waals surface area contributed by atoms with Crippen molar-refractivity contribution in [2.24, 2.45) is 0 Å². The summed E-state index contributed by atoms with van der Waals surface area (Å²) in [6.45, 7) is 3.03. The lowest BCUT2D eigenvalue weighted by Crippen LogP contribution is -2.02. The van der Waals surface area contributed by atoms with Gasteiger partial charge in [-0.15, -0.1) is 0 Å². The van der Waals surface area contributed by atoms with Crippen molar-refractivity contribution in [3.63, 3.8) is 0 Å². The van der Waals surface area contributed by atoms with E-state index in [2.05, 4.69) is 17.2 Å². The highest BCUT2D eigenvalue weighted by Gasteiger charge is 2.13. The van der Waals surface area contributed by atoms with Crippen molar-refractivity contribution in [1.82, 2.24) is 4.98 Å². The number of aryl methyl sites for hydroxylation is 1. The Morgan fingerprint density at radius 3 is 2.87 bits per heavy atom. The van der Waals surface area contributed by atoms with E-state index in [9.17, 15) is 0 Å². The maximum atomic E-state index is 6.06. The molecular weight excluding hydrogens is 312 g/mol. The van der Waals surface area contributed by atoms with Gasteiger partial charge in [-0.3, -0.25) is 0 Å². The first kappa shape index (κ1) is 14.2. The zero-order valence-corrected chi connectivity index (χ0v) is 13.4. The molecule has 0 radical (unpaired) electrons. The van der Waals surface area contributed by atoms with Crippen molar-refractivity contribution in [3.8, 4) is 11.5 Å². The summed E-state index contributed by atoms with van der Waals surface area (Å²) in [6, 6.07) is 13.8. The molecule has 4 rings (SSSR count). The van der Waals surface area contributed by atoms with Crippen LogP contribution in [-0.2, 0) is 6.54 Å². The predicted molar refractivity (Wildman–Crippen MR) is 91.4 cm³/mol. The van der Waals surface area contributed by atoms with E-state index in [-0.39, 0.29) is 0 Å². The lowest BCUT2D eigenvalue weighted by atomic mass is 10.1. The second-order valence-corrected chi connectivity index (χ2v) is 5.96. The van der Waals surface area contributed by atoms with Crippen LogP contribution in [0.5, 0.6) is 11.5 Å². The molecule has 0 spiro atoms. The third-order valence-corrected chi connectivity index (χ3v) is 4.12. The molecule has 116 valence electrons. The molecule has 1 aromatic heterocycles. The molecule has 0 atom stereocenters. The molecule has 1 aliphatic heterocycles. The van der Waals surface area contributed by atoms with Crippen molar-refractivity contribution in [1.29, 1.82) is 0 Å². The van der Waals surface area contributed by atoms with E-state index in [1.54, 1.807) is 0 Å². The fourth-order valence-corrected chi connectivity index (χ4v) is 2.88. The number of ether oxygens (including phenoxy) is 2. The van der Waals surface area contributed by atoms with Crippen LogP contribution >= 0.6 is 11.6 Å². The van der Waals surface area contributed by atoms with E-state index in [1.807, 2.05) is 42.5 Å². The summed E-state index contributed by atoms with van der Waals surface area (Å²) >= 11 is 6.06. The molecule has 0 amide bonds. The number of nitrogens with one attached hydrogen (secondary N) is 1. The lowest BCUT2D eigenvalue weighted by molar-refractivity contribution is 0.174. The number of hydrogen-bond donors (Lipinski definition) is 1. The highest BCUT2D eigenvalue weighted by Crippen LogP contribution is 2.32. The molecule has 0 unspecified atom stereocenters. The molecule has 0 saturated heterocycles. The molecule has 5 heteroatoms. The molecule has 23 heavy (non-hydrogen) atoms. The van der Waals surface area contributed by atoms with Gasteiger partial charge in [0.1, 0.15) is 5.82 Å². The first-order valence-electron chi connectivity index (χ1n) is 7.38. The number of fused-ring (bicyclic) bond motifs is 2. The van der Waals surface area contributed by atoms with Gasteiger partial charge in [0.2, 0.25) is 6.79 Å². The van der Waals surface area contributed by atoms with Crippen LogP contribution in [0.1, 0.15) is 11.1 Å². The summed E-state index contributed by atoms with van der Waals surface area (Å²) in [5.41, 5.74) is 3.17. The molecular formula is C18H15ClN2O2. The minimum atomic E-state index is 0.290.